The van der Waals surface area contributed by atoms with Crippen molar-refractivity contribution in [1.29, 1.82) is 0 Å². The van der Waals surface area contributed by atoms with Gasteiger partial charge in [0.2, 0.25) is 0 Å². The molecule has 0 spiro atoms. The maximum Gasteiger partial charge on any atom is 0.256 e. The lowest BCUT2D eigenvalue weighted by molar-refractivity contribution is 0.0787. The average Bonchev–Trinajstić information content (AvgIpc) is 2.76. The van der Waals surface area contributed by atoms with Crippen molar-refractivity contribution in [3.63, 3.8) is 0 Å². The van der Waals surface area contributed by atoms with E-state index in [1.165, 1.54) is 12.1 Å². The van der Waals surface area contributed by atoms with Gasteiger partial charge in [-0.25, -0.2) is 9.37 Å². The Morgan fingerprint density at radius 3 is 2.95 bits per heavy atom. The summed E-state index contributed by atoms with van der Waals surface area (Å²) in [7, 11) is 1.71. The third kappa shape index (κ3) is 1.73. The highest BCUT2D eigenvalue weighted by molar-refractivity contribution is 5.98. The van der Waals surface area contributed by atoms with E-state index in [0.717, 1.165) is 17.9 Å². The Hall–Kier alpha value is -2.17. The molecule has 0 aliphatic carbocycles. The summed E-state index contributed by atoms with van der Waals surface area (Å²) in [5, 5.41) is 0. The number of hydrogen-bond acceptors (Lipinski definition) is 2. The highest BCUT2D eigenvalue weighted by Crippen LogP contribution is 2.26. The first kappa shape index (κ1) is 11.9. The molecule has 2 aromatic rings. The summed E-state index contributed by atoms with van der Waals surface area (Å²) < 4.78 is 15.4. The molecule has 0 radical (unpaired) electrons. The van der Waals surface area contributed by atoms with Crippen LogP contribution in [0.25, 0.3) is 5.69 Å². The number of fused-ring (bicyclic) bond motifs is 3. The molecule has 1 amide bonds. The number of aromatic nitrogens is 2. The number of nitrogens with zero attached hydrogens (tertiary/aromatic N) is 3. The Labute approximate surface area is 110 Å². The molecule has 1 aromatic carbocycles. The van der Waals surface area contributed by atoms with E-state index >= 15 is 0 Å². The van der Waals surface area contributed by atoms with Gasteiger partial charge in [0.1, 0.15) is 11.6 Å². The van der Waals surface area contributed by atoms with Crippen molar-refractivity contribution in [3.05, 3.63) is 47.3 Å². The molecule has 3 rings (SSSR count). The maximum absolute atomic E-state index is 13.4. The molecule has 2 heterocycles. The smallest absolute Gasteiger partial charge is 0.256 e. The van der Waals surface area contributed by atoms with Gasteiger partial charge in [-0.15, -0.1) is 0 Å². The van der Waals surface area contributed by atoms with Crippen LogP contribution >= 0.6 is 0 Å². The van der Waals surface area contributed by atoms with Gasteiger partial charge in [-0.05, 0) is 18.2 Å². The minimum atomic E-state index is -0.401. The normalized spacial score (nSPS) is 14.1. The highest BCUT2D eigenvalue weighted by atomic mass is 19.1. The predicted octanol–water partition coefficient (Wildman–Crippen LogP) is 2.16. The quantitative estimate of drug-likeness (QED) is 0.787. The van der Waals surface area contributed by atoms with Crippen LogP contribution in [0, 0.1) is 5.82 Å². The summed E-state index contributed by atoms with van der Waals surface area (Å²) in [6.07, 6.45) is 2.54. The largest absolute Gasteiger partial charge is 0.336 e. The monoisotopic (exact) mass is 259 g/mol. The minimum Gasteiger partial charge on any atom is -0.336 e. The number of carbonyl (C=O) groups excluding carboxylic acids is 1. The number of benzene rings is 1. The van der Waals surface area contributed by atoms with Crippen LogP contribution in [-0.2, 0) is 13.0 Å². The molecule has 0 fully saturated rings. The molecule has 0 saturated heterocycles. The van der Waals surface area contributed by atoms with Gasteiger partial charge >= 0.3 is 0 Å². The molecule has 4 nitrogen and oxygen atoms in total. The van der Waals surface area contributed by atoms with E-state index < -0.39 is 5.82 Å². The molecule has 1 aliphatic heterocycles. The first-order chi connectivity index (χ1) is 9.11. The fourth-order valence-electron chi connectivity index (χ4n) is 2.48. The van der Waals surface area contributed by atoms with E-state index in [0.29, 0.717) is 17.8 Å². The summed E-state index contributed by atoms with van der Waals surface area (Å²) in [6.45, 7) is 2.48. The number of carbonyl (C=O) groups is 1. The third-order valence-corrected chi connectivity index (χ3v) is 3.40. The van der Waals surface area contributed by atoms with Crippen LogP contribution in [0.3, 0.4) is 0 Å². The lowest BCUT2D eigenvalue weighted by Crippen LogP contribution is -2.24. The molecular weight excluding hydrogens is 245 g/mol. The van der Waals surface area contributed by atoms with Crippen LogP contribution in [0.5, 0.6) is 0 Å². The van der Waals surface area contributed by atoms with Crippen LogP contribution < -0.4 is 0 Å². The van der Waals surface area contributed by atoms with Crippen molar-refractivity contribution in [1.82, 2.24) is 14.5 Å². The van der Waals surface area contributed by atoms with Crippen molar-refractivity contribution < 1.29 is 9.18 Å². The van der Waals surface area contributed by atoms with E-state index in [1.54, 1.807) is 24.2 Å². The zero-order valence-corrected chi connectivity index (χ0v) is 10.9. The van der Waals surface area contributed by atoms with Crippen molar-refractivity contribution in [2.75, 3.05) is 7.05 Å². The Bertz CT molecular complexity index is 663. The van der Waals surface area contributed by atoms with Gasteiger partial charge < -0.3 is 4.90 Å². The van der Waals surface area contributed by atoms with Crippen molar-refractivity contribution in [2.24, 2.45) is 0 Å². The SMILES string of the molecule is CCc1ncc2n1-c1ccc(F)cc1C(=O)N(C)C2. The fraction of sp³-hybridized carbons (Fsp3) is 0.286. The molecule has 0 saturated carbocycles. The van der Waals surface area contributed by atoms with E-state index in [-0.39, 0.29) is 5.91 Å². The summed E-state index contributed by atoms with van der Waals surface area (Å²) in [5.74, 6) is 0.313. The zero-order chi connectivity index (χ0) is 13.6. The minimum absolute atomic E-state index is 0.166. The summed E-state index contributed by atoms with van der Waals surface area (Å²) >= 11 is 0. The molecular formula is C14H14FN3O. The van der Waals surface area contributed by atoms with E-state index in [4.69, 9.17) is 0 Å². The summed E-state index contributed by atoms with van der Waals surface area (Å²) in [5.41, 5.74) is 2.03. The van der Waals surface area contributed by atoms with Gasteiger partial charge in [0, 0.05) is 13.5 Å². The van der Waals surface area contributed by atoms with E-state index in [1.807, 2.05) is 11.5 Å². The second-order valence-electron chi connectivity index (χ2n) is 4.68. The molecule has 0 unspecified atom stereocenters. The van der Waals surface area contributed by atoms with Crippen LogP contribution in [0.15, 0.2) is 24.4 Å². The molecule has 0 bridgehead atoms. The molecule has 0 atom stereocenters. The van der Waals surface area contributed by atoms with Gasteiger partial charge in [0.15, 0.2) is 0 Å². The standard InChI is InChI=1S/C14H14FN3O/c1-3-13-16-7-10-8-17(2)14(19)11-6-9(15)4-5-12(11)18(10)13/h4-7H,3,8H2,1-2H3. The summed E-state index contributed by atoms with van der Waals surface area (Å²) in [4.78, 5) is 18.2. The number of amides is 1. The Balaban J connectivity index is 2.33. The molecule has 1 aromatic heterocycles. The summed E-state index contributed by atoms with van der Waals surface area (Å²) in [6, 6.07) is 4.31. The van der Waals surface area contributed by atoms with Gasteiger partial charge in [0.25, 0.3) is 5.91 Å². The molecule has 19 heavy (non-hydrogen) atoms. The molecule has 5 heteroatoms. The number of hydrogen-bond donors (Lipinski definition) is 0. The van der Waals surface area contributed by atoms with Crippen LogP contribution in [0.1, 0.15) is 28.8 Å². The van der Waals surface area contributed by atoms with Gasteiger partial charge in [-0.1, -0.05) is 6.92 Å². The zero-order valence-electron chi connectivity index (χ0n) is 10.9. The average molecular weight is 259 g/mol. The van der Waals surface area contributed by atoms with Crippen molar-refractivity contribution >= 4 is 5.91 Å². The number of rotatable bonds is 1. The van der Waals surface area contributed by atoms with Crippen molar-refractivity contribution in [2.45, 2.75) is 19.9 Å². The van der Waals surface area contributed by atoms with Gasteiger partial charge in [0.05, 0.1) is 29.7 Å². The fourth-order valence-corrected chi connectivity index (χ4v) is 2.48. The second kappa shape index (κ2) is 4.19. The molecule has 1 aliphatic rings. The third-order valence-electron chi connectivity index (χ3n) is 3.40. The first-order valence-corrected chi connectivity index (χ1v) is 6.22. The first-order valence-electron chi connectivity index (χ1n) is 6.22. The van der Waals surface area contributed by atoms with Crippen LogP contribution in [0.2, 0.25) is 0 Å². The lowest BCUT2D eigenvalue weighted by atomic mass is 10.1. The Morgan fingerprint density at radius 2 is 2.21 bits per heavy atom. The van der Waals surface area contributed by atoms with Gasteiger partial charge in [-0.2, -0.15) is 0 Å². The van der Waals surface area contributed by atoms with E-state index in [9.17, 15) is 9.18 Å². The lowest BCUT2D eigenvalue weighted by Gasteiger charge is -2.13. The number of halogens is 1. The number of imidazole rings is 1. The van der Waals surface area contributed by atoms with Crippen LogP contribution in [0.4, 0.5) is 4.39 Å². The number of aryl methyl sites for hydroxylation is 1. The van der Waals surface area contributed by atoms with E-state index in [2.05, 4.69) is 4.98 Å². The Kier molecular flexibility index (Phi) is 2.62. The predicted molar refractivity (Wildman–Crippen MR) is 68.7 cm³/mol. The highest BCUT2D eigenvalue weighted by Gasteiger charge is 2.25. The second-order valence-corrected chi connectivity index (χ2v) is 4.68. The maximum atomic E-state index is 13.4. The topological polar surface area (TPSA) is 38.1 Å². The van der Waals surface area contributed by atoms with Crippen LogP contribution in [-0.4, -0.2) is 27.4 Å². The van der Waals surface area contributed by atoms with Gasteiger partial charge in [-0.3, -0.25) is 9.36 Å². The molecule has 98 valence electrons. The van der Waals surface area contributed by atoms with Crippen molar-refractivity contribution in [3.8, 4) is 5.69 Å². The molecule has 0 N–H and O–H groups in total. The Morgan fingerprint density at radius 1 is 1.42 bits per heavy atom.